The molecule has 33 heavy (non-hydrogen) atoms. The van der Waals surface area contributed by atoms with Crippen molar-refractivity contribution in [2.24, 2.45) is 11.8 Å². The standard InChI is InChI=1S/C23H26Cl2N4O3S/c1-13(2)7-19-20(15-5-6-17(24)18(25)9-15)29-23(33-19)28-12-16(21(30)31-3)8-14-10-26-22(32-4)27-11-14/h5-6,9-11,13,16H,7-8,12H2,1-4H3,(H,28,29). The molecule has 1 unspecified atom stereocenters. The molecule has 176 valence electrons. The lowest BCUT2D eigenvalue weighted by atomic mass is 10.0. The minimum atomic E-state index is -0.433. The van der Waals surface area contributed by atoms with Crippen molar-refractivity contribution in [1.82, 2.24) is 15.0 Å². The van der Waals surface area contributed by atoms with E-state index in [4.69, 9.17) is 37.7 Å². The number of benzene rings is 1. The number of ether oxygens (including phenoxy) is 2. The molecule has 0 spiro atoms. The summed E-state index contributed by atoms with van der Waals surface area (Å²) in [4.78, 5) is 26.6. The maximum absolute atomic E-state index is 12.4. The molecule has 0 fully saturated rings. The topological polar surface area (TPSA) is 86.2 Å². The molecule has 2 heterocycles. The van der Waals surface area contributed by atoms with E-state index < -0.39 is 5.92 Å². The van der Waals surface area contributed by atoms with Gasteiger partial charge in [-0.25, -0.2) is 15.0 Å². The fraction of sp³-hybridized carbons (Fsp3) is 0.391. The molecule has 0 radical (unpaired) electrons. The van der Waals surface area contributed by atoms with Gasteiger partial charge >= 0.3 is 12.0 Å². The van der Waals surface area contributed by atoms with E-state index in [9.17, 15) is 4.79 Å². The second-order valence-electron chi connectivity index (χ2n) is 7.90. The van der Waals surface area contributed by atoms with Crippen LogP contribution >= 0.6 is 34.5 Å². The average Bonchev–Trinajstić information content (AvgIpc) is 3.20. The van der Waals surface area contributed by atoms with E-state index in [2.05, 4.69) is 29.1 Å². The molecule has 0 aliphatic rings. The van der Waals surface area contributed by atoms with E-state index in [1.165, 1.54) is 14.2 Å². The molecule has 10 heteroatoms. The molecule has 0 saturated heterocycles. The highest BCUT2D eigenvalue weighted by Gasteiger charge is 2.22. The van der Waals surface area contributed by atoms with Crippen LogP contribution in [0.2, 0.25) is 10.0 Å². The highest BCUT2D eigenvalue weighted by atomic mass is 35.5. The molecular formula is C23H26Cl2N4O3S. The number of rotatable bonds is 10. The lowest BCUT2D eigenvalue weighted by molar-refractivity contribution is -0.144. The molecule has 1 N–H and O–H groups in total. The van der Waals surface area contributed by atoms with Crippen molar-refractivity contribution in [3.05, 3.63) is 51.1 Å². The van der Waals surface area contributed by atoms with Gasteiger partial charge in [-0.3, -0.25) is 4.79 Å². The maximum atomic E-state index is 12.4. The third-order valence-corrected chi connectivity index (χ3v) is 6.64. The Kier molecular flexibility index (Phi) is 8.88. The fourth-order valence-corrected chi connectivity index (χ4v) is 4.76. The summed E-state index contributed by atoms with van der Waals surface area (Å²) >= 11 is 13.9. The fourth-order valence-electron chi connectivity index (χ4n) is 3.26. The van der Waals surface area contributed by atoms with Crippen molar-refractivity contribution < 1.29 is 14.3 Å². The van der Waals surface area contributed by atoms with Crippen LogP contribution in [-0.4, -0.2) is 41.7 Å². The van der Waals surface area contributed by atoms with Gasteiger partial charge in [0.2, 0.25) is 0 Å². The maximum Gasteiger partial charge on any atom is 0.316 e. The van der Waals surface area contributed by atoms with E-state index >= 15 is 0 Å². The van der Waals surface area contributed by atoms with E-state index in [0.29, 0.717) is 28.9 Å². The molecule has 3 rings (SSSR count). The Balaban J connectivity index is 1.80. The molecule has 0 aliphatic heterocycles. The summed E-state index contributed by atoms with van der Waals surface area (Å²) in [5.41, 5.74) is 2.58. The molecule has 2 aromatic heterocycles. The van der Waals surface area contributed by atoms with Gasteiger partial charge in [-0.2, -0.15) is 0 Å². The smallest absolute Gasteiger partial charge is 0.316 e. The van der Waals surface area contributed by atoms with Crippen molar-refractivity contribution in [2.75, 3.05) is 26.1 Å². The van der Waals surface area contributed by atoms with Gasteiger partial charge < -0.3 is 14.8 Å². The van der Waals surface area contributed by atoms with Gasteiger partial charge in [0, 0.05) is 29.4 Å². The minimum Gasteiger partial charge on any atom is -0.469 e. The monoisotopic (exact) mass is 508 g/mol. The molecule has 1 atom stereocenters. The number of hydrogen-bond donors (Lipinski definition) is 1. The van der Waals surface area contributed by atoms with Crippen molar-refractivity contribution in [3.63, 3.8) is 0 Å². The van der Waals surface area contributed by atoms with E-state index in [1.54, 1.807) is 29.8 Å². The van der Waals surface area contributed by atoms with E-state index in [0.717, 1.165) is 33.3 Å². The lowest BCUT2D eigenvalue weighted by Gasteiger charge is -2.15. The van der Waals surface area contributed by atoms with Gasteiger partial charge in [0.1, 0.15) is 0 Å². The van der Waals surface area contributed by atoms with Crippen LogP contribution in [0.25, 0.3) is 11.3 Å². The molecule has 0 aliphatic carbocycles. The van der Waals surface area contributed by atoms with Crippen LogP contribution in [0.3, 0.4) is 0 Å². The van der Waals surface area contributed by atoms with E-state index in [1.807, 2.05) is 12.1 Å². The van der Waals surface area contributed by atoms with Crippen LogP contribution in [0.4, 0.5) is 5.13 Å². The predicted octanol–water partition coefficient (Wildman–Crippen LogP) is 5.56. The first-order valence-electron chi connectivity index (χ1n) is 10.4. The Bertz CT molecular complexity index is 1090. The van der Waals surface area contributed by atoms with Crippen molar-refractivity contribution >= 4 is 45.6 Å². The Hall–Kier alpha value is -2.42. The summed E-state index contributed by atoms with van der Waals surface area (Å²) in [5.74, 6) is -0.294. The summed E-state index contributed by atoms with van der Waals surface area (Å²) < 4.78 is 10.00. The van der Waals surface area contributed by atoms with Crippen LogP contribution in [0.1, 0.15) is 24.3 Å². The van der Waals surface area contributed by atoms with Gasteiger partial charge in [-0.05, 0) is 36.5 Å². The zero-order chi connectivity index (χ0) is 24.0. The van der Waals surface area contributed by atoms with Crippen LogP contribution in [0.5, 0.6) is 6.01 Å². The number of hydrogen-bond acceptors (Lipinski definition) is 8. The number of anilines is 1. The van der Waals surface area contributed by atoms with Gasteiger partial charge in [0.15, 0.2) is 5.13 Å². The molecule has 0 amide bonds. The SMILES string of the molecule is COC(=O)C(CNc1nc(-c2ccc(Cl)c(Cl)c2)c(CC(C)C)s1)Cc1cnc(OC)nc1. The van der Waals surface area contributed by atoms with Crippen molar-refractivity contribution in [3.8, 4) is 17.3 Å². The molecule has 0 bridgehead atoms. The molecule has 7 nitrogen and oxygen atoms in total. The highest BCUT2D eigenvalue weighted by molar-refractivity contribution is 7.16. The average molecular weight is 509 g/mol. The highest BCUT2D eigenvalue weighted by Crippen LogP contribution is 2.35. The summed E-state index contributed by atoms with van der Waals surface area (Å²) in [6.07, 6.45) is 4.59. The normalized spacial score (nSPS) is 12.0. The number of carbonyl (C=O) groups is 1. The van der Waals surface area contributed by atoms with Crippen LogP contribution in [-0.2, 0) is 22.4 Å². The molecule has 3 aromatic rings. The second-order valence-corrected chi connectivity index (χ2v) is 9.80. The minimum absolute atomic E-state index is 0.279. The number of nitrogens with zero attached hydrogens (tertiary/aromatic N) is 3. The number of thiazole rings is 1. The van der Waals surface area contributed by atoms with Gasteiger partial charge in [0.25, 0.3) is 0 Å². The summed E-state index contributed by atoms with van der Waals surface area (Å²) in [7, 11) is 2.89. The first kappa shape index (κ1) is 25.2. The van der Waals surface area contributed by atoms with Crippen LogP contribution in [0, 0.1) is 11.8 Å². The zero-order valence-corrected chi connectivity index (χ0v) is 21.2. The van der Waals surface area contributed by atoms with Gasteiger partial charge in [0.05, 0.1) is 35.9 Å². The largest absolute Gasteiger partial charge is 0.469 e. The summed E-state index contributed by atoms with van der Waals surface area (Å²) in [6, 6.07) is 5.79. The lowest BCUT2D eigenvalue weighted by Crippen LogP contribution is -2.26. The van der Waals surface area contributed by atoms with Crippen LogP contribution < -0.4 is 10.1 Å². The summed E-state index contributed by atoms with van der Waals surface area (Å²) in [5, 5.41) is 5.03. The Labute approximate surface area is 207 Å². The van der Waals surface area contributed by atoms with E-state index in [-0.39, 0.29) is 12.0 Å². The Morgan fingerprint density at radius 3 is 2.45 bits per heavy atom. The summed E-state index contributed by atoms with van der Waals surface area (Å²) in [6.45, 7) is 4.68. The molecule has 1 aromatic carbocycles. The second kappa shape index (κ2) is 11.6. The number of aromatic nitrogens is 3. The molecule has 0 saturated carbocycles. The van der Waals surface area contributed by atoms with Crippen LogP contribution in [0.15, 0.2) is 30.6 Å². The number of methoxy groups -OCH3 is 2. The molecular weight excluding hydrogens is 483 g/mol. The quantitative estimate of drug-likeness (QED) is 0.358. The zero-order valence-electron chi connectivity index (χ0n) is 18.9. The van der Waals surface area contributed by atoms with Crippen molar-refractivity contribution in [1.29, 1.82) is 0 Å². The van der Waals surface area contributed by atoms with Gasteiger partial charge in [-0.15, -0.1) is 11.3 Å². The number of esters is 1. The number of nitrogens with one attached hydrogen (secondary N) is 1. The number of carbonyl (C=O) groups excluding carboxylic acids is 1. The predicted molar refractivity (Wildman–Crippen MR) is 132 cm³/mol. The number of halogens is 2. The Morgan fingerprint density at radius 1 is 1.12 bits per heavy atom. The first-order chi connectivity index (χ1) is 15.8. The third-order valence-electron chi connectivity index (χ3n) is 4.86. The first-order valence-corrected chi connectivity index (χ1v) is 12.0. The third kappa shape index (κ3) is 6.79. The van der Waals surface area contributed by atoms with Gasteiger partial charge in [-0.1, -0.05) is 43.1 Å². The Morgan fingerprint density at radius 2 is 1.85 bits per heavy atom. The van der Waals surface area contributed by atoms with Crippen molar-refractivity contribution in [2.45, 2.75) is 26.7 Å².